The number of hydrogen-bond donors (Lipinski definition) is 2. The molecule has 2 N–H and O–H groups in total. The molecule has 0 bridgehead atoms. The Bertz CT molecular complexity index is 985. The number of benzene rings is 3. The molecule has 3 rings (SSSR count). The van der Waals surface area contributed by atoms with Crippen molar-refractivity contribution in [1.29, 1.82) is 0 Å². The first-order valence-electron chi connectivity index (χ1n) is 9.50. The van der Waals surface area contributed by atoms with E-state index in [1.807, 2.05) is 60.7 Å². The molecule has 1 atom stereocenters. The number of aromatic carboxylic acids is 1. The second-order valence-corrected chi connectivity index (χ2v) is 6.69. The highest BCUT2D eigenvalue weighted by Crippen LogP contribution is 2.32. The normalized spacial score (nSPS) is 11.5. The summed E-state index contributed by atoms with van der Waals surface area (Å²) in [6.07, 6.45) is -0.510. The molecule has 6 heteroatoms. The van der Waals surface area contributed by atoms with E-state index < -0.39 is 18.0 Å². The van der Waals surface area contributed by atoms with Gasteiger partial charge in [-0.2, -0.15) is 0 Å². The average Bonchev–Trinajstić information content (AvgIpc) is 2.76. The van der Waals surface area contributed by atoms with Gasteiger partial charge in [0.15, 0.2) is 0 Å². The Morgan fingerprint density at radius 3 is 2.17 bits per heavy atom. The molecule has 6 nitrogen and oxygen atoms in total. The molecule has 0 aromatic heterocycles. The third-order valence-electron chi connectivity index (χ3n) is 4.49. The second kappa shape index (κ2) is 10.1. The van der Waals surface area contributed by atoms with Gasteiger partial charge in [-0.1, -0.05) is 60.7 Å². The topological polar surface area (TPSA) is 93.1 Å². The van der Waals surface area contributed by atoms with E-state index in [1.54, 1.807) is 6.07 Å². The molecule has 0 fully saturated rings. The van der Waals surface area contributed by atoms with Crippen molar-refractivity contribution in [3.05, 3.63) is 95.6 Å². The maximum atomic E-state index is 11.7. The van der Waals surface area contributed by atoms with Gasteiger partial charge < -0.3 is 19.7 Å². The smallest absolute Gasteiger partial charge is 0.339 e. The van der Waals surface area contributed by atoms with Crippen molar-refractivity contribution >= 4 is 11.9 Å². The molecule has 0 amide bonds. The van der Waals surface area contributed by atoms with Crippen molar-refractivity contribution in [2.24, 2.45) is 0 Å². The van der Waals surface area contributed by atoms with E-state index in [0.29, 0.717) is 12.4 Å². The van der Waals surface area contributed by atoms with Gasteiger partial charge in [-0.25, -0.2) is 4.79 Å². The van der Waals surface area contributed by atoms with Crippen molar-refractivity contribution in [3.8, 4) is 11.5 Å². The quantitative estimate of drug-likeness (QED) is 0.495. The van der Waals surface area contributed by atoms with E-state index in [-0.39, 0.29) is 24.2 Å². The van der Waals surface area contributed by atoms with Gasteiger partial charge in [0, 0.05) is 12.5 Å². The summed E-state index contributed by atoms with van der Waals surface area (Å²) in [4.78, 5) is 22.7. The van der Waals surface area contributed by atoms with Crippen molar-refractivity contribution in [2.45, 2.75) is 25.6 Å². The van der Waals surface area contributed by atoms with Crippen LogP contribution in [0.5, 0.6) is 11.5 Å². The van der Waals surface area contributed by atoms with Crippen LogP contribution in [-0.2, 0) is 11.4 Å². The highest BCUT2D eigenvalue weighted by atomic mass is 16.5. The van der Waals surface area contributed by atoms with Crippen LogP contribution in [0.25, 0.3) is 0 Å². The zero-order chi connectivity index (χ0) is 21.3. The Kier molecular flexibility index (Phi) is 7.05. The van der Waals surface area contributed by atoms with Gasteiger partial charge in [-0.15, -0.1) is 0 Å². The largest absolute Gasteiger partial charge is 0.489 e. The number of aliphatic carboxylic acids is 1. The van der Waals surface area contributed by atoms with Gasteiger partial charge in [0.05, 0.1) is 0 Å². The van der Waals surface area contributed by atoms with Crippen LogP contribution in [0, 0.1) is 0 Å². The van der Waals surface area contributed by atoms with Crippen molar-refractivity contribution in [1.82, 2.24) is 0 Å². The minimum absolute atomic E-state index is 0.0154. The highest BCUT2D eigenvalue weighted by Gasteiger charge is 2.20. The molecule has 0 heterocycles. The first-order chi connectivity index (χ1) is 14.5. The van der Waals surface area contributed by atoms with Gasteiger partial charge in [0.25, 0.3) is 0 Å². The third-order valence-corrected chi connectivity index (χ3v) is 4.49. The van der Waals surface area contributed by atoms with Crippen LogP contribution >= 0.6 is 0 Å². The Morgan fingerprint density at radius 1 is 0.867 bits per heavy atom. The molecular weight excluding hydrogens is 384 g/mol. The van der Waals surface area contributed by atoms with E-state index >= 15 is 0 Å². The third kappa shape index (κ3) is 5.85. The maximum absolute atomic E-state index is 11.7. The summed E-state index contributed by atoms with van der Waals surface area (Å²) in [6.45, 7) is 0.327. The summed E-state index contributed by atoms with van der Waals surface area (Å²) in [7, 11) is 0. The molecule has 3 aromatic rings. The zero-order valence-corrected chi connectivity index (χ0v) is 16.2. The van der Waals surface area contributed by atoms with E-state index in [2.05, 4.69) is 0 Å². The number of hydrogen-bond acceptors (Lipinski definition) is 4. The van der Waals surface area contributed by atoms with Crippen LogP contribution in [0.3, 0.4) is 0 Å². The lowest BCUT2D eigenvalue weighted by Gasteiger charge is -2.21. The summed E-state index contributed by atoms with van der Waals surface area (Å²) in [5, 5.41) is 18.6. The van der Waals surface area contributed by atoms with Gasteiger partial charge in [-0.05, 0) is 29.7 Å². The zero-order valence-electron chi connectivity index (χ0n) is 16.2. The Labute approximate surface area is 174 Å². The predicted molar refractivity (Wildman–Crippen MR) is 111 cm³/mol. The SMILES string of the molecule is O=C(O)CC[C@H](Oc1cc(OCc2ccccc2)ccc1C(=O)O)c1ccccc1. The molecule has 0 radical (unpaired) electrons. The summed E-state index contributed by atoms with van der Waals surface area (Å²) in [6, 6.07) is 23.3. The van der Waals surface area contributed by atoms with Gasteiger partial charge >= 0.3 is 11.9 Å². The van der Waals surface area contributed by atoms with Crippen LogP contribution < -0.4 is 9.47 Å². The van der Waals surface area contributed by atoms with Crippen molar-refractivity contribution in [3.63, 3.8) is 0 Å². The van der Waals surface area contributed by atoms with Crippen LogP contribution in [-0.4, -0.2) is 22.2 Å². The van der Waals surface area contributed by atoms with Gasteiger partial charge in [-0.3, -0.25) is 4.79 Å². The molecule has 0 aliphatic rings. The lowest BCUT2D eigenvalue weighted by atomic mass is 10.0. The molecule has 0 saturated carbocycles. The molecular formula is C24H22O6. The fraction of sp³-hybridized carbons (Fsp3) is 0.167. The molecule has 3 aromatic carbocycles. The van der Waals surface area contributed by atoms with E-state index in [4.69, 9.17) is 14.6 Å². The Hall–Kier alpha value is -3.80. The molecule has 0 spiro atoms. The Morgan fingerprint density at radius 2 is 1.53 bits per heavy atom. The summed E-state index contributed by atoms with van der Waals surface area (Å²) >= 11 is 0. The van der Waals surface area contributed by atoms with Gasteiger partial charge in [0.2, 0.25) is 0 Å². The second-order valence-electron chi connectivity index (χ2n) is 6.69. The molecule has 0 saturated heterocycles. The van der Waals surface area contributed by atoms with Crippen LogP contribution in [0.4, 0.5) is 0 Å². The minimum atomic E-state index is -1.13. The number of carbonyl (C=O) groups is 2. The number of carboxylic acids is 2. The van der Waals surface area contributed by atoms with Crippen LogP contribution in [0.1, 0.15) is 40.4 Å². The predicted octanol–water partition coefficient (Wildman–Crippen LogP) is 4.95. The fourth-order valence-electron chi connectivity index (χ4n) is 2.98. The van der Waals surface area contributed by atoms with E-state index in [0.717, 1.165) is 11.1 Å². The fourth-order valence-corrected chi connectivity index (χ4v) is 2.98. The lowest BCUT2D eigenvalue weighted by Crippen LogP contribution is -2.12. The summed E-state index contributed by atoms with van der Waals surface area (Å²) < 4.78 is 11.8. The maximum Gasteiger partial charge on any atom is 0.339 e. The number of rotatable bonds is 10. The number of ether oxygens (including phenoxy) is 2. The Balaban J connectivity index is 1.84. The summed E-state index contributed by atoms with van der Waals surface area (Å²) in [5.41, 5.74) is 1.73. The monoisotopic (exact) mass is 406 g/mol. The molecule has 0 aliphatic heterocycles. The lowest BCUT2D eigenvalue weighted by molar-refractivity contribution is -0.137. The molecule has 30 heavy (non-hydrogen) atoms. The first kappa shape index (κ1) is 20.9. The number of carboxylic acid groups (broad SMARTS) is 2. The van der Waals surface area contributed by atoms with Crippen LogP contribution in [0.2, 0.25) is 0 Å². The van der Waals surface area contributed by atoms with Crippen LogP contribution in [0.15, 0.2) is 78.9 Å². The highest BCUT2D eigenvalue weighted by molar-refractivity contribution is 5.91. The first-order valence-corrected chi connectivity index (χ1v) is 9.50. The van der Waals surface area contributed by atoms with E-state index in [9.17, 15) is 14.7 Å². The summed E-state index contributed by atoms with van der Waals surface area (Å²) in [5.74, 6) is -1.49. The van der Waals surface area contributed by atoms with Crippen molar-refractivity contribution < 1.29 is 29.3 Å². The standard InChI is InChI=1S/C24H22O6/c25-23(26)14-13-21(18-9-5-2-6-10-18)30-22-15-19(11-12-20(22)24(27)28)29-16-17-7-3-1-4-8-17/h1-12,15,21H,13-14,16H2,(H,25,26)(H,27,28)/t21-/m0/s1. The van der Waals surface area contributed by atoms with Crippen molar-refractivity contribution in [2.75, 3.05) is 0 Å². The molecule has 154 valence electrons. The molecule has 0 unspecified atom stereocenters. The average molecular weight is 406 g/mol. The van der Waals surface area contributed by atoms with E-state index in [1.165, 1.54) is 12.1 Å². The minimum Gasteiger partial charge on any atom is -0.489 e. The van der Waals surface area contributed by atoms with Gasteiger partial charge in [0.1, 0.15) is 29.8 Å². The molecule has 0 aliphatic carbocycles.